The van der Waals surface area contributed by atoms with E-state index in [9.17, 15) is 0 Å². The van der Waals surface area contributed by atoms with E-state index in [4.69, 9.17) is 24.1 Å². The van der Waals surface area contributed by atoms with Gasteiger partial charge in [-0.3, -0.25) is 4.98 Å². The highest BCUT2D eigenvalue weighted by molar-refractivity contribution is 6.10. The number of hydrogen-bond donors (Lipinski definition) is 0. The first-order valence-corrected chi connectivity index (χ1v) is 20.2. The van der Waals surface area contributed by atoms with Crippen molar-refractivity contribution in [3.63, 3.8) is 0 Å². The van der Waals surface area contributed by atoms with Crippen molar-refractivity contribution in [1.82, 2.24) is 15.0 Å². The van der Waals surface area contributed by atoms with E-state index in [1.54, 1.807) is 6.20 Å². The van der Waals surface area contributed by atoms with Crippen LogP contribution in [0.25, 0.3) is 44.6 Å². The molecule has 5 heteroatoms. The molecule has 4 aromatic heterocycles. The van der Waals surface area contributed by atoms with Crippen LogP contribution in [0.4, 0.5) is 0 Å². The zero-order chi connectivity index (χ0) is 35.7. The van der Waals surface area contributed by atoms with Crippen molar-refractivity contribution in [1.29, 1.82) is 0 Å². The Morgan fingerprint density at radius 3 is 2.22 bits per heavy atom. The number of nitrogens with zero attached hydrogens (tertiary/aromatic N) is 3. The molecule has 2 saturated carbocycles. The summed E-state index contributed by atoms with van der Waals surface area (Å²) in [6, 6.07) is 36.7. The van der Waals surface area contributed by atoms with Crippen LogP contribution in [-0.4, -0.2) is 15.0 Å². The highest BCUT2D eigenvalue weighted by atomic mass is 16.5. The summed E-state index contributed by atoms with van der Waals surface area (Å²) in [6.07, 6.45) is 18.7. The molecule has 4 aliphatic carbocycles. The Labute approximate surface area is 316 Å². The van der Waals surface area contributed by atoms with Gasteiger partial charge in [0.05, 0.1) is 16.5 Å². The van der Waals surface area contributed by atoms with Gasteiger partial charge in [0.25, 0.3) is 0 Å². The quantitative estimate of drug-likeness (QED) is 0.178. The fourth-order valence-corrected chi connectivity index (χ4v) is 10.9. The highest BCUT2D eigenvalue weighted by Gasteiger charge is 2.43. The lowest BCUT2D eigenvalue weighted by atomic mass is 9.62. The Hall–Kier alpha value is -5.29. The molecule has 5 nitrogen and oxygen atoms in total. The van der Waals surface area contributed by atoms with Gasteiger partial charge in [0.15, 0.2) is 0 Å². The number of pyridine rings is 3. The SMILES string of the molecule is c1cc(Oc2cccc(-c3nccc4oc5nc6c(cc5c34)CC3(Cc4ccccc4C3)C6)n2)cc(-c2cccc(C3CCC4(CCCCC4)CC3)c2)c1. The lowest BCUT2D eigenvalue weighted by Crippen LogP contribution is -2.29. The molecule has 0 N–H and O–H groups in total. The van der Waals surface area contributed by atoms with E-state index < -0.39 is 0 Å². The van der Waals surface area contributed by atoms with Crippen LogP contribution < -0.4 is 4.74 Å². The third-order valence-corrected chi connectivity index (χ3v) is 13.6. The Balaban J connectivity index is 0.850. The Kier molecular flexibility index (Phi) is 7.54. The maximum absolute atomic E-state index is 6.46. The summed E-state index contributed by atoms with van der Waals surface area (Å²) in [7, 11) is 0. The van der Waals surface area contributed by atoms with Gasteiger partial charge in [0.2, 0.25) is 11.6 Å². The predicted molar refractivity (Wildman–Crippen MR) is 215 cm³/mol. The second-order valence-electron chi connectivity index (χ2n) is 17.0. The molecule has 3 aromatic carbocycles. The summed E-state index contributed by atoms with van der Waals surface area (Å²) in [5.41, 5.74) is 13.2. The van der Waals surface area contributed by atoms with E-state index in [-0.39, 0.29) is 5.41 Å². The van der Waals surface area contributed by atoms with Crippen LogP contribution in [0.1, 0.15) is 91.7 Å². The Morgan fingerprint density at radius 1 is 0.630 bits per heavy atom. The average molecular weight is 708 g/mol. The van der Waals surface area contributed by atoms with Crippen molar-refractivity contribution < 1.29 is 9.15 Å². The number of fused-ring (bicyclic) bond motifs is 5. The fourth-order valence-electron chi connectivity index (χ4n) is 10.9. The molecule has 54 heavy (non-hydrogen) atoms. The predicted octanol–water partition coefficient (Wildman–Crippen LogP) is 12.4. The number of ether oxygens (including phenoxy) is 1. The minimum absolute atomic E-state index is 0.218. The van der Waals surface area contributed by atoms with Gasteiger partial charge in [-0.05, 0) is 145 Å². The molecule has 2 spiro atoms. The summed E-state index contributed by atoms with van der Waals surface area (Å²) >= 11 is 0. The Morgan fingerprint density at radius 2 is 1.39 bits per heavy atom. The fraction of sp³-hybridized carbons (Fsp3) is 0.327. The number of rotatable bonds is 5. The molecule has 0 unspecified atom stereocenters. The molecule has 11 rings (SSSR count). The molecular weight excluding hydrogens is 663 g/mol. The standard InChI is InChI=1S/C49H45N3O2/c1-4-20-48(21-5-1)22-17-32(18-23-48)33-11-6-12-34(25-33)35-13-7-14-39(26-35)53-44-16-8-15-41(51-44)46-45-40-27-38-30-49(28-36-9-2-3-10-37(36)29-49)31-42(38)52-47(40)54-43(45)19-24-50-46/h2-3,6-16,19,24-27,32H,1,4-5,17-18,20-23,28-31H2. The summed E-state index contributed by atoms with van der Waals surface area (Å²) in [4.78, 5) is 15.0. The first kappa shape index (κ1) is 32.2. The molecule has 0 bridgehead atoms. The van der Waals surface area contributed by atoms with Gasteiger partial charge in [-0.2, -0.15) is 0 Å². The number of hydrogen-bond acceptors (Lipinski definition) is 5. The molecule has 0 amide bonds. The normalized spacial score (nSPS) is 18.7. The molecule has 7 aromatic rings. The lowest BCUT2D eigenvalue weighted by Gasteiger charge is -2.43. The molecule has 0 aliphatic heterocycles. The van der Waals surface area contributed by atoms with Gasteiger partial charge in [0, 0.05) is 18.0 Å². The van der Waals surface area contributed by atoms with Crippen molar-refractivity contribution in [3.05, 3.63) is 137 Å². The lowest BCUT2D eigenvalue weighted by molar-refractivity contribution is 0.114. The molecule has 4 heterocycles. The van der Waals surface area contributed by atoms with E-state index in [0.717, 1.165) is 64.7 Å². The minimum Gasteiger partial charge on any atom is -0.439 e. The third-order valence-electron chi connectivity index (χ3n) is 13.6. The first-order chi connectivity index (χ1) is 26.6. The van der Waals surface area contributed by atoms with Crippen molar-refractivity contribution >= 4 is 22.1 Å². The van der Waals surface area contributed by atoms with Gasteiger partial charge in [-0.25, -0.2) is 9.97 Å². The van der Waals surface area contributed by atoms with E-state index in [0.29, 0.717) is 22.9 Å². The van der Waals surface area contributed by atoms with E-state index >= 15 is 0 Å². The molecule has 2 fully saturated rings. The third kappa shape index (κ3) is 5.63. The number of furan rings is 1. The average Bonchev–Trinajstić information content (AvgIpc) is 3.88. The monoisotopic (exact) mass is 707 g/mol. The van der Waals surface area contributed by atoms with Crippen LogP contribution >= 0.6 is 0 Å². The molecular formula is C49H45N3O2. The van der Waals surface area contributed by atoms with Crippen LogP contribution in [0.2, 0.25) is 0 Å². The summed E-state index contributed by atoms with van der Waals surface area (Å²) in [5, 5.41) is 1.96. The topological polar surface area (TPSA) is 61.0 Å². The molecule has 0 atom stereocenters. The maximum Gasteiger partial charge on any atom is 0.227 e. The summed E-state index contributed by atoms with van der Waals surface area (Å²) in [6.45, 7) is 0. The summed E-state index contributed by atoms with van der Waals surface area (Å²) in [5.74, 6) is 1.96. The van der Waals surface area contributed by atoms with Crippen LogP contribution in [0, 0.1) is 10.8 Å². The van der Waals surface area contributed by atoms with Crippen molar-refractivity contribution in [2.75, 3.05) is 0 Å². The zero-order valence-corrected chi connectivity index (χ0v) is 30.8. The van der Waals surface area contributed by atoms with Gasteiger partial charge < -0.3 is 9.15 Å². The maximum atomic E-state index is 6.46. The van der Waals surface area contributed by atoms with Crippen LogP contribution in [0.15, 0.2) is 114 Å². The molecule has 268 valence electrons. The van der Waals surface area contributed by atoms with Crippen molar-refractivity contribution in [2.45, 2.75) is 89.4 Å². The van der Waals surface area contributed by atoms with Crippen LogP contribution in [0.3, 0.4) is 0 Å². The smallest absolute Gasteiger partial charge is 0.227 e. The van der Waals surface area contributed by atoms with Gasteiger partial charge in [-0.1, -0.05) is 86.0 Å². The van der Waals surface area contributed by atoms with Gasteiger partial charge >= 0.3 is 0 Å². The second-order valence-corrected chi connectivity index (χ2v) is 17.0. The Bertz CT molecular complexity index is 2530. The molecule has 0 saturated heterocycles. The highest BCUT2D eigenvalue weighted by Crippen LogP contribution is 2.51. The zero-order valence-electron chi connectivity index (χ0n) is 30.8. The summed E-state index contributed by atoms with van der Waals surface area (Å²) < 4.78 is 12.9. The van der Waals surface area contributed by atoms with E-state index in [1.165, 1.54) is 91.3 Å². The largest absolute Gasteiger partial charge is 0.439 e. The molecule has 0 radical (unpaired) electrons. The first-order valence-electron chi connectivity index (χ1n) is 20.2. The van der Waals surface area contributed by atoms with Crippen molar-refractivity contribution in [3.8, 4) is 34.1 Å². The van der Waals surface area contributed by atoms with Crippen LogP contribution in [0.5, 0.6) is 11.6 Å². The minimum atomic E-state index is 0.218. The second kappa shape index (κ2) is 12.7. The van der Waals surface area contributed by atoms with E-state index in [2.05, 4.69) is 72.8 Å². The van der Waals surface area contributed by atoms with Crippen LogP contribution in [-0.2, 0) is 25.7 Å². The van der Waals surface area contributed by atoms with E-state index in [1.807, 2.05) is 30.3 Å². The van der Waals surface area contributed by atoms with Gasteiger partial charge in [0.1, 0.15) is 17.0 Å². The number of aromatic nitrogens is 3. The number of benzene rings is 3. The van der Waals surface area contributed by atoms with Gasteiger partial charge in [-0.15, -0.1) is 0 Å². The molecule has 4 aliphatic rings. The van der Waals surface area contributed by atoms with Crippen molar-refractivity contribution in [2.24, 2.45) is 10.8 Å².